The second kappa shape index (κ2) is 4.50. The van der Waals surface area contributed by atoms with Crippen molar-refractivity contribution in [2.24, 2.45) is 0 Å². The van der Waals surface area contributed by atoms with Crippen LogP contribution in [-0.2, 0) is 0 Å². The summed E-state index contributed by atoms with van der Waals surface area (Å²) in [5.41, 5.74) is 3.70. The van der Waals surface area contributed by atoms with Gasteiger partial charge < -0.3 is 0 Å². The van der Waals surface area contributed by atoms with Gasteiger partial charge in [0.2, 0.25) is 0 Å². The number of rotatable bonds is 1. The molecule has 15 heavy (non-hydrogen) atoms. The van der Waals surface area contributed by atoms with E-state index in [1.54, 1.807) is 0 Å². The highest BCUT2D eigenvalue weighted by molar-refractivity contribution is 9.11. The predicted molar refractivity (Wildman–Crippen MR) is 70.9 cm³/mol. The lowest BCUT2D eigenvalue weighted by Crippen LogP contribution is -1.85. The average molecular weight is 325 g/mol. The monoisotopic (exact) mass is 323 g/mol. The molecule has 75 valence electrons. The van der Waals surface area contributed by atoms with Crippen molar-refractivity contribution in [1.29, 1.82) is 0 Å². The molecule has 0 unspecified atom stereocenters. The van der Waals surface area contributed by atoms with Gasteiger partial charge in [0.25, 0.3) is 0 Å². The highest BCUT2D eigenvalue weighted by atomic mass is 79.9. The maximum Gasteiger partial charge on any atom is 0.0271 e. The number of hydrogen-bond acceptors (Lipinski definition) is 0. The first-order chi connectivity index (χ1) is 7.20. The van der Waals surface area contributed by atoms with Gasteiger partial charge in [0.1, 0.15) is 0 Å². The minimum Gasteiger partial charge on any atom is -0.0620 e. The molecule has 2 aromatic carbocycles. The van der Waals surface area contributed by atoms with Crippen LogP contribution >= 0.6 is 31.9 Å². The largest absolute Gasteiger partial charge is 0.0620 e. The van der Waals surface area contributed by atoms with E-state index in [0.29, 0.717) is 0 Å². The molecule has 0 N–H and O–H groups in total. The van der Waals surface area contributed by atoms with Gasteiger partial charge in [0.15, 0.2) is 0 Å². The molecule has 0 spiro atoms. The van der Waals surface area contributed by atoms with Crippen LogP contribution in [-0.4, -0.2) is 0 Å². The minimum absolute atomic E-state index is 1.06. The summed E-state index contributed by atoms with van der Waals surface area (Å²) < 4.78 is 2.12. The summed E-state index contributed by atoms with van der Waals surface area (Å²) in [6.45, 7) is 2.12. The fraction of sp³-hybridized carbons (Fsp3) is 0.0769. The SMILES string of the molecule is Cc1ccccc1-c1c(Br)c[c]cc1Br. The molecule has 2 heteroatoms. The maximum absolute atomic E-state index is 3.56. The first kappa shape index (κ1) is 10.9. The zero-order valence-electron chi connectivity index (χ0n) is 8.22. The fourth-order valence-electron chi connectivity index (χ4n) is 1.56. The van der Waals surface area contributed by atoms with E-state index in [9.17, 15) is 0 Å². The van der Waals surface area contributed by atoms with Gasteiger partial charge in [0.05, 0.1) is 0 Å². The molecular formula is C13H9Br2. The number of aryl methyl sites for hydroxylation is 1. The van der Waals surface area contributed by atoms with Crippen molar-refractivity contribution in [2.75, 3.05) is 0 Å². The van der Waals surface area contributed by atoms with E-state index < -0.39 is 0 Å². The molecule has 0 heterocycles. The molecule has 0 nitrogen and oxygen atoms in total. The third-order valence-electron chi connectivity index (χ3n) is 2.31. The Morgan fingerprint density at radius 2 is 1.60 bits per heavy atom. The molecule has 2 rings (SSSR count). The Morgan fingerprint density at radius 1 is 1.00 bits per heavy atom. The lowest BCUT2D eigenvalue weighted by Gasteiger charge is -2.09. The first-order valence-corrected chi connectivity index (χ1v) is 6.20. The van der Waals surface area contributed by atoms with Crippen molar-refractivity contribution < 1.29 is 0 Å². The summed E-state index contributed by atoms with van der Waals surface area (Å²) in [5.74, 6) is 0. The smallest absolute Gasteiger partial charge is 0.0271 e. The lowest BCUT2D eigenvalue weighted by molar-refractivity contribution is 1.44. The molecule has 2 aromatic rings. The summed E-state index contributed by atoms with van der Waals surface area (Å²) >= 11 is 7.11. The molecule has 0 bridgehead atoms. The zero-order valence-corrected chi connectivity index (χ0v) is 11.4. The van der Waals surface area contributed by atoms with Crippen LogP contribution in [0.15, 0.2) is 45.3 Å². The highest BCUT2D eigenvalue weighted by Crippen LogP contribution is 2.36. The van der Waals surface area contributed by atoms with Crippen molar-refractivity contribution in [3.63, 3.8) is 0 Å². The third-order valence-corrected chi connectivity index (χ3v) is 3.56. The van der Waals surface area contributed by atoms with Gasteiger partial charge in [-0.1, -0.05) is 56.1 Å². The molecular weight excluding hydrogens is 316 g/mol. The lowest BCUT2D eigenvalue weighted by atomic mass is 10.0. The van der Waals surface area contributed by atoms with Crippen molar-refractivity contribution in [2.45, 2.75) is 6.92 Å². The van der Waals surface area contributed by atoms with Crippen molar-refractivity contribution >= 4 is 31.9 Å². The van der Waals surface area contributed by atoms with Gasteiger partial charge in [-0.2, -0.15) is 0 Å². The van der Waals surface area contributed by atoms with Crippen LogP contribution in [0.25, 0.3) is 11.1 Å². The quantitative estimate of drug-likeness (QED) is 0.693. The molecule has 1 radical (unpaired) electrons. The van der Waals surface area contributed by atoms with Gasteiger partial charge in [-0.05, 0) is 36.2 Å². The van der Waals surface area contributed by atoms with Gasteiger partial charge in [-0.3, -0.25) is 0 Å². The van der Waals surface area contributed by atoms with Crippen LogP contribution in [0.4, 0.5) is 0 Å². The van der Waals surface area contributed by atoms with E-state index in [2.05, 4.69) is 69.1 Å². The molecule has 0 aliphatic rings. The van der Waals surface area contributed by atoms with Crippen LogP contribution in [0.1, 0.15) is 5.56 Å². The normalized spacial score (nSPS) is 10.3. The number of benzene rings is 2. The first-order valence-electron chi connectivity index (χ1n) is 4.61. The van der Waals surface area contributed by atoms with Crippen LogP contribution in [0.3, 0.4) is 0 Å². The Bertz CT molecular complexity index is 469. The average Bonchev–Trinajstić information content (AvgIpc) is 2.20. The molecule has 0 saturated carbocycles. The van der Waals surface area contributed by atoms with Crippen molar-refractivity contribution in [3.05, 3.63) is 57.0 Å². The molecule has 0 aliphatic heterocycles. The summed E-state index contributed by atoms with van der Waals surface area (Å²) in [5, 5.41) is 0. The second-order valence-electron chi connectivity index (χ2n) is 3.34. The Morgan fingerprint density at radius 3 is 2.20 bits per heavy atom. The van der Waals surface area contributed by atoms with E-state index >= 15 is 0 Å². The Balaban J connectivity index is 2.69. The van der Waals surface area contributed by atoms with E-state index in [0.717, 1.165) is 8.95 Å². The van der Waals surface area contributed by atoms with E-state index in [1.165, 1.54) is 16.7 Å². The Labute approximate surface area is 107 Å². The summed E-state index contributed by atoms with van der Waals surface area (Å²) in [7, 11) is 0. The van der Waals surface area contributed by atoms with Gasteiger partial charge in [0, 0.05) is 14.5 Å². The topological polar surface area (TPSA) is 0 Å². The van der Waals surface area contributed by atoms with Crippen LogP contribution in [0.2, 0.25) is 0 Å². The molecule has 0 amide bonds. The van der Waals surface area contributed by atoms with Crippen LogP contribution < -0.4 is 0 Å². The maximum atomic E-state index is 3.56. The molecule has 0 atom stereocenters. The summed E-state index contributed by atoms with van der Waals surface area (Å²) in [4.78, 5) is 0. The van der Waals surface area contributed by atoms with E-state index in [-0.39, 0.29) is 0 Å². The van der Waals surface area contributed by atoms with Crippen LogP contribution in [0.5, 0.6) is 0 Å². The summed E-state index contributed by atoms with van der Waals surface area (Å²) in [6.07, 6.45) is 0. The molecule has 0 aromatic heterocycles. The number of halogens is 2. The Hall–Kier alpha value is -0.600. The minimum atomic E-state index is 1.06. The second-order valence-corrected chi connectivity index (χ2v) is 5.05. The van der Waals surface area contributed by atoms with Crippen molar-refractivity contribution in [3.8, 4) is 11.1 Å². The molecule has 0 saturated heterocycles. The highest BCUT2D eigenvalue weighted by Gasteiger charge is 2.08. The van der Waals surface area contributed by atoms with Crippen LogP contribution in [0, 0.1) is 13.0 Å². The Kier molecular flexibility index (Phi) is 3.27. The zero-order chi connectivity index (χ0) is 10.8. The van der Waals surface area contributed by atoms with E-state index in [4.69, 9.17) is 0 Å². The number of hydrogen-bond donors (Lipinski definition) is 0. The standard InChI is InChI=1S/C13H9Br2/c1-9-5-2-3-6-10(9)13-11(14)7-4-8-12(13)15/h2-3,5-8H,1H3. The molecule has 0 fully saturated rings. The van der Waals surface area contributed by atoms with Gasteiger partial charge in [-0.15, -0.1) is 0 Å². The van der Waals surface area contributed by atoms with E-state index in [1.807, 2.05) is 12.1 Å². The van der Waals surface area contributed by atoms with Gasteiger partial charge >= 0.3 is 0 Å². The fourth-order valence-corrected chi connectivity index (χ4v) is 2.94. The van der Waals surface area contributed by atoms with Gasteiger partial charge in [-0.25, -0.2) is 0 Å². The van der Waals surface area contributed by atoms with Crippen molar-refractivity contribution in [1.82, 2.24) is 0 Å². The molecule has 0 aliphatic carbocycles. The summed E-state index contributed by atoms with van der Waals surface area (Å²) in [6, 6.07) is 15.3. The third kappa shape index (κ3) is 2.16. The predicted octanol–water partition coefficient (Wildman–Crippen LogP) is 4.99.